The summed E-state index contributed by atoms with van der Waals surface area (Å²) >= 11 is 0. The van der Waals surface area contributed by atoms with E-state index in [9.17, 15) is 17.6 Å². The molecular formula is C7H7F4N3O. The van der Waals surface area contributed by atoms with Gasteiger partial charge in [0.15, 0.2) is 5.75 Å². The predicted molar refractivity (Wildman–Crippen MR) is 43.2 cm³/mol. The summed E-state index contributed by atoms with van der Waals surface area (Å²) in [5.41, 5.74) is 9.24. The third kappa shape index (κ3) is 2.69. The zero-order valence-corrected chi connectivity index (χ0v) is 7.31. The second kappa shape index (κ2) is 3.89. The lowest BCUT2D eigenvalue weighted by Crippen LogP contribution is -2.20. The van der Waals surface area contributed by atoms with Crippen molar-refractivity contribution in [3.63, 3.8) is 0 Å². The molecule has 1 heterocycles. The zero-order chi connectivity index (χ0) is 11.6. The third-order valence-corrected chi connectivity index (χ3v) is 1.53. The number of nitrogen functional groups attached to an aromatic ring is 1. The number of halogens is 4. The van der Waals surface area contributed by atoms with Gasteiger partial charge in [-0.05, 0) is 0 Å². The van der Waals surface area contributed by atoms with Crippen LogP contribution in [0.5, 0.6) is 5.75 Å². The topological polar surface area (TPSA) is 74.2 Å². The van der Waals surface area contributed by atoms with Gasteiger partial charge in [-0.15, -0.1) is 13.2 Å². The van der Waals surface area contributed by atoms with Gasteiger partial charge in [0.2, 0.25) is 5.95 Å². The molecule has 0 radical (unpaired) electrons. The van der Waals surface area contributed by atoms with Crippen molar-refractivity contribution in [3.05, 3.63) is 17.7 Å². The van der Waals surface area contributed by atoms with Crippen LogP contribution in [0.4, 0.5) is 23.2 Å². The van der Waals surface area contributed by atoms with Gasteiger partial charge in [0, 0.05) is 18.3 Å². The van der Waals surface area contributed by atoms with Gasteiger partial charge in [-0.2, -0.15) is 4.39 Å². The summed E-state index contributed by atoms with van der Waals surface area (Å²) in [5.74, 6) is -2.07. The predicted octanol–water partition coefficient (Wildman–Crippen LogP) is 1.16. The number of anilines is 1. The SMILES string of the molecule is NCc1cnc(F)c(N)c1OC(F)(F)F. The largest absolute Gasteiger partial charge is 0.573 e. The van der Waals surface area contributed by atoms with Crippen LogP contribution in [0.2, 0.25) is 0 Å². The molecule has 4 N–H and O–H groups in total. The molecule has 0 fully saturated rings. The molecule has 84 valence electrons. The Morgan fingerprint density at radius 1 is 1.40 bits per heavy atom. The number of hydrogen-bond acceptors (Lipinski definition) is 4. The molecule has 0 bridgehead atoms. The first kappa shape index (κ1) is 11.5. The van der Waals surface area contributed by atoms with Gasteiger partial charge >= 0.3 is 6.36 Å². The highest BCUT2D eigenvalue weighted by atomic mass is 19.4. The van der Waals surface area contributed by atoms with Crippen LogP contribution in [-0.2, 0) is 6.54 Å². The van der Waals surface area contributed by atoms with Gasteiger partial charge in [-0.1, -0.05) is 0 Å². The molecule has 0 aromatic carbocycles. The first-order valence-corrected chi connectivity index (χ1v) is 3.74. The maximum absolute atomic E-state index is 12.7. The normalized spacial score (nSPS) is 11.5. The van der Waals surface area contributed by atoms with Crippen molar-refractivity contribution in [3.8, 4) is 5.75 Å². The Kier molecular flexibility index (Phi) is 2.98. The molecular weight excluding hydrogens is 218 g/mol. The van der Waals surface area contributed by atoms with E-state index in [0.29, 0.717) is 0 Å². The van der Waals surface area contributed by atoms with Crippen molar-refractivity contribution in [2.24, 2.45) is 5.73 Å². The van der Waals surface area contributed by atoms with Gasteiger partial charge in [0.1, 0.15) is 5.69 Å². The number of aromatic nitrogens is 1. The molecule has 0 aliphatic carbocycles. The summed E-state index contributed by atoms with van der Waals surface area (Å²) in [7, 11) is 0. The molecule has 1 aromatic heterocycles. The van der Waals surface area contributed by atoms with Crippen molar-refractivity contribution in [2.75, 3.05) is 5.73 Å². The van der Waals surface area contributed by atoms with Gasteiger partial charge < -0.3 is 16.2 Å². The molecule has 0 saturated heterocycles. The Bertz CT molecular complexity index is 366. The van der Waals surface area contributed by atoms with E-state index in [0.717, 1.165) is 6.20 Å². The molecule has 0 amide bonds. The fourth-order valence-corrected chi connectivity index (χ4v) is 0.911. The van der Waals surface area contributed by atoms with E-state index >= 15 is 0 Å². The Balaban J connectivity index is 3.18. The van der Waals surface area contributed by atoms with Crippen LogP contribution >= 0.6 is 0 Å². The second-order valence-corrected chi connectivity index (χ2v) is 2.57. The number of ether oxygens (including phenoxy) is 1. The minimum absolute atomic E-state index is 0.119. The summed E-state index contributed by atoms with van der Waals surface area (Å²) in [6.45, 7) is -0.289. The van der Waals surface area contributed by atoms with Crippen molar-refractivity contribution < 1.29 is 22.3 Å². The number of nitrogens with zero attached hydrogens (tertiary/aromatic N) is 1. The molecule has 0 aliphatic heterocycles. The molecule has 1 rings (SSSR count). The molecule has 8 heteroatoms. The molecule has 4 nitrogen and oxygen atoms in total. The quantitative estimate of drug-likeness (QED) is 0.585. The van der Waals surface area contributed by atoms with E-state index in [2.05, 4.69) is 9.72 Å². The highest BCUT2D eigenvalue weighted by Crippen LogP contribution is 2.32. The van der Waals surface area contributed by atoms with E-state index in [-0.39, 0.29) is 12.1 Å². The Morgan fingerprint density at radius 3 is 2.47 bits per heavy atom. The van der Waals surface area contributed by atoms with Crippen LogP contribution in [-0.4, -0.2) is 11.3 Å². The number of rotatable bonds is 2. The maximum atomic E-state index is 12.7. The average Bonchev–Trinajstić information content (AvgIpc) is 2.11. The van der Waals surface area contributed by atoms with E-state index < -0.39 is 23.7 Å². The van der Waals surface area contributed by atoms with Crippen LogP contribution < -0.4 is 16.2 Å². The van der Waals surface area contributed by atoms with Crippen LogP contribution in [0.25, 0.3) is 0 Å². The third-order valence-electron chi connectivity index (χ3n) is 1.53. The summed E-state index contributed by atoms with van der Waals surface area (Å²) in [4.78, 5) is 3.12. The first-order valence-electron chi connectivity index (χ1n) is 3.74. The van der Waals surface area contributed by atoms with Gasteiger partial charge in [0.05, 0.1) is 0 Å². The average molecular weight is 225 g/mol. The fourth-order valence-electron chi connectivity index (χ4n) is 0.911. The smallest absolute Gasteiger partial charge is 0.403 e. The molecule has 0 atom stereocenters. The zero-order valence-electron chi connectivity index (χ0n) is 7.31. The van der Waals surface area contributed by atoms with Gasteiger partial charge in [-0.25, -0.2) is 4.98 Å². The Morgan fingerprint density at radius 2 is 2.00 bits per heavy atom. The number of alkyl halides is 3. The lowest BCUT2D eigenvalue weighted by atomic mass is 10.2. The van der Waals surface area contributed by atoms with Crippen LogP contribution in [0, 0.1) is 5.95 Å². The van der Waals surface area contributed by atoms with Gasteiger partial charge in [0.25, 0.3) is 0 Å². The summed E-state index contributed by atoms with van der Waals surface area (Å²) in [6, 6.07) is 0. The molecule has 0 spiro atoms. The number of pyridine rings is 1. The van der Waals surface area contributed by atoms with E-state index in [1.54, 1.807) is 0 Å². The highest BCUT2D eigenvalue weighted by molar-refractivity contribution is 5.55. The van der Waals surface area contributed by atoms with Crippen molar-refractivity contribution in [1.29, 1.82) is 0 Å². The minimum Gasteiger partial charge on any atom is -0.403 e. The van der Waals surface area contributed by atoms with Crippen LogP contribution in [0.1, 0.15) is 5.56 Å². The summed E-state index contributed by atoms with van der Waals surface area (Å²) < 4.78 is 52.0. The summed E-state index contributed by atoms with van der Waals surface area (Å²) in [5, 5.41) is 0. The van der Waals surface area contributed by atoms with Gasteiger partial charge in [-0.3, -0.25) is 0 Å². The fraction of sp³-hybridized carbons (Fsp3) is 0.286. The van der Waals surface area contributed by atoms with Crippen LogP contribution in [0.15, 0.2) is 6.20 Å². The summed E-state index contributed by atoms with van der Waals surface area (Å²) in [6.07, 6.45) is -4.11. The minimum atomic E-state index is -4.95. The Labute approximate surface area is 81.8 Å². The number of hydrogen-bond donors (Lipinski definition) is 2. The molecule has 0 unspecified atom stereocenters. The van der Waals surface area contributed by atoms with E-state index in [1.807, 2.05) is 0 Å². The van der Waals surface area contributed by atoms with E-state index in [1.165, 1.54) is 0 Å². The van der Waals surface area contributed by atoms with Crippen LogP contribution in [0.3, 0.4) is 0 Å². The Hall–Kier alpha value is -1.57. The lowest BCUT2D eigenvalue weighted by molar-refractivity contribution is -0.274. The standard InChI is InChI=1S/C7H7F4N3O/c8-6-4(13)5(15-7(9,10)11)3(1-12)2-14-6/h2H,1,12-13H2. The maximum Gasteiger partial charge on any atom is 0.573 e. The monoisotopic (exact) mass is 225 g/mol. The lowest BCUT2D eigenvalue weighted by Gasteiger charge is -2.14. The molecule has 15 heavy (non-hydrogen) atoms. The van der Waals surface area contributed by atoms with E-state index in [4.69, 9.17) is 11.5 Å². The molecule has 0 saturated carbocycles. The van der Waals surface area contributed by atoms with Crippen molar-refractivity contribution in [2.45, 2.75) is 12.9 Å². The number of nitrogens with two attached hydrogens (primary N) is 2. The van der Waals surface area contributed by atoms with Crippen molar-refractivity contribution >= 4 is 5.69 Å². The first-order chi connectivity index (χ1) is 6.85. The van der Waals surface area contributed by atoms with Crippen molar-refractivity contribution in [1.82, 2.24) is 4.98 Å². The molecule has 1 aromatic rings. The second-order valence-electron chi connectivity index (χ2n) is 2.57. The molecule has 0 aliphatic rings. The highest BCUT2D eigenvalue weighted by Gasteiger charge is 2.33.